The van der Waals surface area contributed by atoms with Gasteiger partial charge in [-0.2, -0.15) is 0 Å². The van der Waals surface area contributed by atoms with Crippen molar-refractivity contribution in [1.82, 2.24) is 9.47 Å². The molecule has 0 unspecified atom stereocenters. The molecule has 2 aliphatic rings. The maximum atomic E-state index is 13.8. The predicted octanol–water partition coefficient (Wildman–Crippen LogP) is 7.61. The van der Waals surface area contributed by atoms with E-state index in [0.29, 0.717) is 12.3 Å². The van der Waals surface area contributed by atoms with Gasteiger partial charge in [-0.15, -0.1) is 0 Å². The van der Waals surface area contributed by atoms with Gasteiger partial charge in [-0.05, 0) is 35.1 Å². The summed E-state index contributed by atoms with van der Waals surface area (Å²) in [6.45, 7) is 2.55. The second kappa shape index (κ2) is 12.3. The molecule has 4 aromatic rings. The molecule has 2 atom stereocenters. The Morgan fingerprint density at radius 2 is 1.44 bits per heavy atom. The number of carbonyl (C=O) groups excluding carboxylic acids is 2. The molecule has 1 aliphatic heterocycles. The maximum Gasteiger partial charge on any atom is 0.329 e. The van der Waals surface area contributed by atoms with Crippen molar-refractivity contribution >= 4 is 22.8 Å². The van der Waals surface area contributed by atoms with Crippen molar-refractivity contribution in [1.29, 1.82) is 0 Å². The topological polar surface area (TPSA) is 51.5 Å². The third-order valence-corrected chi connectivity index (χ3v) is 9.08. The number of amides is 1. The molecule has 1 fully saturated rings. The molecular weight excluding hydrogens is 508 g/mol. The van der Waals surface area contributed by atoms with Gasteiger partial charge in [-0.1, -0.05) is 117 Å². The Bertz CT molecular complexity index is 1490. The summed E-state index contributed by atoms with van der Waals surface area (Å²) >= 11 is 0. The molecule has 5 heteroatoms. The summed E-state index contributed by atoms with van der Waals surface area (Å²) in [4.78, 5) is 29.2. The van der Waals surface area contributed by atoms with Crippen molar-refractivity contribution in [2.45, 2.75) is 83.5 Å². The zero-order valence-electron chi connectivity index (χ0n) is 24.0. The third-order valence-electron chi connectivity index (χ3n) is 9.08. The van der Waals surface area contributed by atoms with E-state index in [2.05, 4.69) is 53.1 Å². The van der Waals surface area contributed by atoms with Crippen LogP contribution in [0.25, 0.3) is 10.9 Å². The normalized spacial score (nSPS) is 19.5. The van der Waals surface area contributed by atoms with Crippen molar-refractivity contribution in [3.05, 3.63) is 107 Å². The van der Waals surface area contributed by atoms with Gasteiger partial charge in [-0.3, -0.25) is 4.79 Å². The van der Waals surface area contributed by atoms with Crippen molar-refractivity contribution in [2.24, 2.45) is 5.92 Å². The van der Waals surface area contributed by atoms with E-state index in [9.17, 15) is 9.59 Å². The Kier molecular flexibility index (Phi) is 8.22. The highest BCUT2D eigenvalue weighted by molar-refractivity contribution is 5.90. The standard InChI is InChI=1S/C36H40N2O3/c1-26(39)38-33(22-27-14-6-2-3-7-15-27)35-31(23-34(38)36(40)41-25-29-18-10-5-11-19-29)30-20-12-13-21-32(30)37(35)24-28-16-8-4-9-17-28/h4-5,8-13,16-21,27,33-34H,2-3,6-7,14-15,22-25H2,1H3/t33-,34+/m1/s1. The van der Waals surface area contributed by atoms with Crippen LogP contribution in [0, 0.1) is 5.92 Å². The minimum absolute atomic E-state index is 0.0625. The van der Waals surface area contributed by atoms with Crippen LogP contribution in [0.3, 0.4) is 0 Å². The zero-order valence-corrected chi connectivity index (χ0v) is 24.0. The highest BCUT2D eigenvalue weighted by Crippen LogP contribution is 2.44. The molecule has 1 amide bonds. The zero-order chi connectivity index (χ0) is 28.2. The molecule has 3 aromatic carbocycles. The van der Waals surface area contributed by atoms with Crippen LogP contribution in [-0.2, 0) is 33.9 Å². The van der Waals surface area contributed by atoms with Gasteiger partial charge < -0.3 is 14.2 Å². The van der Waals surface area contributed by atoms with Crippen molar-refractivity contribution in [3.63, 3.8) is 0 Å². The fourth-order valence-corrected chi connectivity index (χ4v) is 7.17. The van der Waals surface area contributed by atoms with Crippen LogP contribution in [0.1, 0.15) is 80.3 Å². The summed E-state index contributed by atoms with van der Waals surface area (Å²) in [5.74, 6) is 0.146. The molecular formula is C36H40N2O3. The molecule has 0 radical (unpaired) electrons. The minimum atomic E-state index is -0.643. The summed E-state index contributed by atoms with van der Waals surface area (Å²) in [6.07, 6.45) is 8.74. The van der Waals surface area contributed by atoms with Crippen molar-refractivity contribution in [2.75, 3.05) is 0 Å². The molecule has 0 saturated heterocycles. The van der Waals surface area contributed by atoms with Crippen molar-refractivity contribution in [3.8, 4) is 0 Å². The number of aromatic nitrogens is 1. The summed E-state index contributed by atoms with van der Waals surface area (Å²) in [5.41, 5.74) is 5.72. The van der Waals surface area contributed by atoms with E-state index in [1.54, 1.807) is 6.92 Å². The molecule has 2 heterocycles. The Morgan fingerprint density at radius 1 is 0.805 bits per heavy atom. The number of fused-ring (bicyclic) bond motifs is 3. The van der Waals surface area contributed by atoms with E-state index >= 15 is 0 Å². The highest BCUT2D eigenvalue weighted by atomic mass is 16.5. The van der Waals surface area contributed by atoms with Gasteiger partial charge >= 0.3 is 5.97 Å². The van der Waals surface area contributed by atoms with E-state index in [4.69, 9.17) is 4.74 Å². The van der Waals surface area contributed by atoms with Crippen LogP contribution >= 0.6 is 0 Å². The number of hydrogen-bond acceptors (Lipinski definition) is 3. The molecule has 212 valence electrons. The smallest absolute Gasteiger partial charge is 0.329 e. The average Bonchev–Trinajstić information content (AvgIpc) is 3.12. The summed E-state index contributed by atoms with van der Waals surface area (Å²) in [7, 11) is 0. The maximum absolute atomic E-state index is 13.8. The SMILES string of the molecule is CC(=O)N1[C@H](CC2CCCCCC2)c2c(c3ccccc3n2Cc2ccccc2)C[C@H]1C(=O)OCc1ccccc1. The molecule has 5 nitrogen and oxygen atoms in total. The van der Waals surface area contributed by atoms with Crippen LogP contribution in [0.5, 0.6) is 0 Å². The second-order valence-electron chi connectivity index (χ2n) is 11.8. The number of ether oxygens (including phenoxy) is 1. The number of para-hydroxylation sites is 1. The fraction of sp³-hybridized carbons (Fsp3) is 0.389. The van der Waals surface area contributed by atoms with E-state index in [0.717, 1.165) is 24.0 Å². The van der Waals surface area contributed by atoms with Gasteiger partial charge in [0.05, 0.1) is 6.04 Å². The molecule has 1 aromatic heterocycles. The molecule has 41 heavy (non-hydrogen) atoms. The number of rotatable bonds is 7. The van der Waals surface area contributed by atoms with E-state index < -0.39 is 6.04 Å². The molecule has 0 N–H and O–H groups in total. The molecule has 0 spiro atoms. The Balaban J connectivity index is 1.44. The van der Waals surface area contributed by atoms with Crippen LogP contribution < -0.4 is 0 Å². The predicted molar refractivity (Wildman–Crippen MR) is 162 cm³/mol. The van der Waals surface area contributed by atoms with Gasteiger partial charge in [0.2, 0.25) is 5.91 Å². The highest BCUT2D eigenvalue weighted by Gasteiger charge is 2.44. The number of carbonyl (C=O) groups is 2. The van der Waals surface area contributed by atoms with Gasteiger partial charge in [0, 0.05) is 36.5 Å². The number of benzene rings is 3. The van der Waals surface area contributed by atoms with Gasteiger partial charge in [0.1, 0.15) is 12.6 Å². The fourth-order valence-electron chi connectivity index (χ4n) is 7.17. The number of esters is 1. The van der Waals surface area contributed by atoms with E-state index in [-0.39, 0.29) is 24.5 Å². The lowest BCUT2D eigenvalue weighted by atomic mass is 9.84. The van der Waals surface area contributed by atoms with Gasteiger partial charge in [-0.25, -0.2) is 4.79 Å². The molecule has 6 rings (SSSR count). The third kappa shape index (κ3) is 5.81. The monoisotopic (exact) mass is 548 g/mol. The quantitative estimate of drug-likeness (QED) is 0.176. The van der Waals surface area contributed by atoms with Crippen LogP contribution in [0.15, 0.2) is 84.9 Å². The first-order chi connectivity index (χ1) is 20.1. The first-order valence-electron chi connectivity index (χ1n) is 15.2. The van der Waals surface area contributed by atoms with Gasteiger partial charge in [0.25, 0.3) is 0 Å². The molecule has 1 saturated carbocycles. The Labute approximate surface area is 243 Å². The lowest BCUT2D eigenvalue weighted by molar-refractivity contribution is -0.159. The van der Waals surface area contributed by atoms with Crippen LogP contribution in [-0.4, -0.2) is 27.4 Å². The second-order valence-corrected chi connectivity index (χ2v) is 11.8. The Hall–Kier alpha value is -3.86. The molecule has 0 bridgehead atoms. The van der Waals surface area contributed by atoms with E-state index in [1.165, 1.54) is 60.7 Å². The lowest BCUT2D eigenvalue weighted by Crippen LogP contribution is -2.51. The molecule has 1 aliphatic carbocycles. The van der Waals surface area contributed by atoms with Crippen molar-refractivity contribution < 1.29 is 14.3 Å². The largest absolute Gasteiger partial charge is 0.459 e. The Morgan fingerprint density at radius 3 is 2.12 bits per heavy atom. The first kappa shape index (κ1) is 27.3. The summed E-state index contributed by atoms with van der Waals surface area (Å²) in [5, 5.41) is 1.17. The van der Waals surface area contributed by atoms with Crippen LogP contribution in [0.2, 0.25) is 0 Å². The lowest BCUT2D eigenvalue weighted by Gasteiger charge is -2.42. The number of hydrogen-bond donors (Lipinski definition) is 0. The van der Waals surface area contributed by atoms with Gasteiger partial charge in [0.15, 0.2) is 0 Å². The minimum Gasteiger partial charge on any atom is -0.459 e. The summed E-state index contributed by atoms with van der Waals surface area (Å²) in [6, 6.07) is 28.0. The first-order valence-corrected chi connectivity index (χ1v) is 15.2. The number of nitrogens with zero attached hydrogens (tertiary/aromatic N) is 2. The van der Waals surface area contributed by atoms with Crippen LogP contribution in [0.4, 0.5) is 0 Å². The van der Waals surface area contributed by atoms with E-state index in [1.807, 2.05) is 41.3 Å². The average molecular weight is 549 g/mol. The summed E-state index contributed by atoms with van der Waals surface area (Å²) < 4.78 is 8.32.